The van der Waals surface area contributed by atoms with Gasteiger partial charge in [0.1, 0.15) is 5.82 Å². The molecule has 0 fully saturated rings. The molecule has 2 N–H and O–H groups in total. The number of nitrogens with zero attached hydrogens (tertiary/aromatic N) is 2. The number of rotatable bonds is 4. The molecule has 3 aromatic rings. The molecule has 0 amide bonds. The minimum absolute atomic E-state index is 0.224. The molecular formula is C18H21N3. The molecule has 108 valence electrons. The van der Waals surface area contributed by atoms with Gasteiger partial charge in [0.05, 0.1) is 17.1 Å². The van der Waals surface area contributed by atoms with E-state index in [1.54, 1.807) is 0 Å². The van der Waals surface area contributed by atoms with E-state index in [9.17, 15) is 0 Å². The second kappa shape index (κ2) is 5.60. The number of nitrogen functional groups attached to an aromatic ring is 1. The van der Waals surface area contributed by atoms with E-state index in [1.807, 2.05) is 18.2 Å². The Labute approximate surface area is 125 Å². The molecule has 0 aliphatic rings. The van der Waals surface area contributed by atoms with Crippen LogP contribution >= 0.6 is 0 Å². The molecule has 3 rings (SSSR count). The van der Waals surface area contributed by atoms with Crippen LogP contribution in [0.5, 0.6) is 0 Å². The predicted octanol–water partition coefficient (Wildman–Crippen LogP) is 4.18. The summed E-state index contributed by atoms with van der Waals surface area (Å²) in [5.74, 6) is 1.15. The lowest BCUT2D eigenvalue weighted by molar-refractivity contribution is 0.612. The summed E-state index contributed by atoms with van der Waals surface area (Å²) < 4.78 is 2.34. The Balaban J connectivity index is 2.15. The molecule has 3 heteroatoms. The van der Waals surface area contributed by atoms with E-state index in [-0.39, 0.29) is 6.04 Å². The van der Waals surface area contributed by atoms with Crippen LogP contribution in [0.3, 0.4) is 0 Å². The third-order valence-electron chi connectivity index (χ3n) is 3.92. The van der Waals surface area contributed by atoms with Gasteiger partial charge in [-0.05, 0) is 43.2 Å². The van der Waals surface area contributed by atoms with Gasteiger partial charge in [-0.15, -0.1) is 0 Å². The second-order valence-electron chi connectivity index (χ2n) is 5.48. The number of imidazole rings is 1. The van der Waals surface area contributed by atoms with Crippen LogP contribution in [0.1, 0.15) is 37.7 Å². The highest BCUT2D eigenvalue weighted by atomic mass is 15.1. The van der Waals surface area contributed by atoms with Gasteiger partial charge in [0.25, 0.3) is 0 Å². The summed E-state index contributed by atoms with van der Waals surface area (Å²) in [4.78, 5) is 4.80. The quantitative estimate of drug-likeness (QED) is 0.728. The van der Waals surface area contributed by atoms with Crippen molar-refractivity contribution < 1.29 is 0 Å². The van der Waals surface area contributed by atoms with Crippen molar-refractivity contribution in [3.05, 3.63) is 59.9 Å². The molecule has 0 bridgehead atoms. The van der Waals surface area contributed by atoms with Crippen LogP contribution in [0.2, 0.25) is 0 Å². The zero-order chi connectivity index (χ0) is 14.8. The number of benzene rings is 2. The predicted molar refractivity (Wildman–Crippen MR) is 88.4 cm³/mol. The maximum absolute atomic E-state index is 5.93. The van der Waals surface area contributed by atoms with Gasteiger partial charge in [0.2, 0.25) is 0 Å². The van der Waals surface area contributed by atoms with Crippen LogP contribution in [0.4, 0.5) is 5.69 Å². The Morgan fingerprint density at radius 1 is 1.14 bits per heavy atom. The Kier molecular flexibility index (Phi) is 3.65. The van der Waals surface area contributed by atoms with E-state index >= 15 is 0 Å². The molecule has 0 spiro atoms. The van der Waals surface area contributed by atoms with Crippen LogP contribution in [0.25, 0.3) is 11.0 Å². The fraction of sp³-hybridized carbons (Fsp3) is 0.278. The SMILES string of the molecule is CCCc1nc2ccccc2n1C(C)c1cccc(N)c1. The largest absolute Gasteiger partial charge is 0.399 e. The highest BCUT2D eigenvalue weighted by Gasteiger charge is 2.16. The minimum Gasteiger partial charge on any atom is -0.399 e. The van der Waals surface area contributed by atoms with Crippen molar-refractivity contribution in [1.29, 1.82) is 0 Å². The van der Waals surface area contributed by atoms with Gasteiger partial charge in [-0.2, -0.15) is 0 Å². The lowest BCUT2D eigenvalue weighted by Crippen LogP contribution is -2.11. The molecule has 1 aromatic heterocycles. The highest BCUT2D eigenvalue weighted by molar-refractivity contribution is 5.76. The summed E-state index contributed by atoms with van der Waals surface area (Å²) in [5.41, 5.74) is 10.2. The number of aryl methyl sites for hydroxylation is 1. The fourth-order valence-corrected chi connectivity index (χ4v) is 2.89. The molecule has 0 radical (unpaired) electrons. The first-order chi connectivity index (χ1) is 10.2. The molecule has 0 aliphatic heterocycles. The van der Waals surface area contributed by atoms with Crippen molar-refractivity contribution in [1.82, 2.24) is 9.55 Å². The summed E-state index contributed by atoms with van der Waals surface area (Å²) in [7, 11) is 0. The topological polar surface area (TPSA) is 43.8 Å². The van der Waals surface area contributed by atoms with E-state index in [0.29, 0.717) is 0 Å². The number of anilines is 1. The summed E-state index contributed by atoms with van der Waals surface area (Å²) in [5, 5.41) is 0. The van der Waals surface area contributed by atoms with Crippen LogP contribution in [0, 0.1) is 0 Å². The fourth-order valence-electron chi connectivity index (χ4n) is 2.89. The molecule has 0 saturated heterocycles. The first-order valence-electron chi connectivity index (χ1n) is 7.52. The molecule has 0 saturated carbocycles. The maximum atomic E-state index is 5.93. The van der Waals surface area contributed by atoms with Gasteiger partial charge in [0, 0.05) is 12.1 Å². The summed E-state index contributed by atoms with van der Waals surface area (Å²) in [6, 6.07) is 16.7. The van der Waals surface area contributed by atoms with E-state index in [1.165, 1.54) is 11.1 Å². The zero-order valence-electron chi connectivity index (χ0n) is 12.6. The van der Waals surface area contributed by atoms with Crippen LogP contribution in [-0.4, -0.2) is 9.55 Å². The van der Waals surface area contributed by atoms with Crippen molar-refractivity contribution >= 4 is 16.7 Å². The summed E-state index contributed by atoms with van der Waals surface area (Å²) >= 11 is 0. The van der Waals surface area contributed by atoms with E-state index in [2.05, 4.69) is 48.7 Å². The molecular weight excluding hydrogens is 258 g/mol. The third-order valence-corrected chi connectivity index (χ3v) is 3.92. The van der Waals surface area contributed by atoms with E-state index in [0.717, 1.165) is 29.9 Å². The van der Waals surface area contributed by atoms with Crippen LogP contribution in [-0.2, 0) is 6.42 Å². The Hall–Kier alpha value is -2.29. The second-order valence-corrected chi connectivity index (χ2v) is 5.48. The lowest BCUT2D eigenvalue weighted by Gasteiger charge is -2.18. The van der Waals surface area contributed by atoms with Gasteiger partial charge < -0.3 is 10.3 Å². The number of para-hydroxylation sites is 2. The monoisotopic (exact) mass is 279 g/mol. The van der Waals surface area contributed by atoms with Gasteiger partial charge in [-0.3, -0.25) is 0 Å². The van der Waals surface area contributed by atoms with Crippen LogP contribution in [0.15, 0.2) is 48.5 Å². The first-order valence-corrected chi connectivity index (χ1v) is 7.52. The molecule has 0 aliphatic carbocycles. The highest BCUT2D eigenvalue weighted by Crippen LogP contribution is 2.27. The molecule has 1 atom stereocenters. The summed E-state index contributed by atoms with van der Waals surface area (Å²) in [6.07, 6.45) is 2.08. The lowest BCUT2D eigenvalue weighted by atomic mass is 10.1. The smallest absolute Gasteiger partial charge is 0.110 e. The van der Waals surface area contributed by atoms with Crippen molar-refractivity contribution in [2.45, 2.75) is 32.7 Å². The Bertz CT molecular complexity index is 758. The zero-order valence-corrected chi connectivity index (χ0v) is 12.6. The van der Waals surface area contributed by atoms with Gasteiger partial charge >= 0.3 is 0 Å². The minimum atomic E-state index is 0.224. The average Bonchev–Trinajstić information content (AvgIpc) is 2.85. The van der Waals surface area contributed by atoms with E-state index in [4.69, 9.17) is 10.7 Å². The van der Waals surface area contributed by atoms with Crippen molar-refractivity contribution in [2.24, 2.45) is 0 Å². The molecule has 2 aromatic carbocycles. The first kappa shape index (κ1) is 13.7. The number of nitrogens with two attached hydrogens (primary N) is 1. The van der Waals surface area contributed by atoms with Crippen molar-refractivity contribution in [3.8, 4) is 0 Å². The number of fused-ring (bicyclic) bond motifs is 1. The molecule has 1 heterocycles. The number of aromatic nitrogens is 2. The summed E-state index contributed by atoms with van der Waals surface area (Å²) in [6.45, 7) is 4.40. The van der Waals surface area contributed by atoms with E-state index < -0.39 is 0 Å². The number of hydrogen-bond acceptors (Lipinski definition) is 2. The standard InChI is InChI=1S/C18H21N3/c1-3-7-18-20-16-10-4-5-11-17(16)21(18)13(2)14-8-6-9-15(19)12-14/h4-6,8-13H,3,7,19H2,1-2H3. The number of hydrogen-bond donors (Lipinski definition) is 1. The Morgan fingerprint density at radius 2 is 1.95 bits per heavy atom. The van der Waals surface area contributed by atoms with Crippen LogP contribution < -0.4 is 5.73 Å². The maximum Gasteiger partial charge on any atom is 0.110 e. The van der Waals surface area contributed by atoms with Gasteiger partial charge in [-0.25, -0.2) is 4.98 Å². The Morgan fingerprint density at radius 3 is 2.71 bits per heavy atom. The van der Waals surface area contributed by atoms with Crippen molar-refractivity contribution in [2.75, 3.05) is 5.73 Å². The molecule has 21 heavy (non-hydrogen) atoms. The van der Waals surface area contributed by atoms with Gasteiger partial charge in [-0.1, -0.05) is 31.2 Å². The molecule has 1 unspecified atom stereocenters. The van der Waals surface area contributed by atoms with Crippen molar-refractivity contribution in [3.63, 3.8) is 0 Å². The van der Waals surface area contributed by atoms with Gasteiger partial charge in [0.15, 0.2) is 0 Å². The molecule has 3 nitrogen and oxygen atoms in total. The average molecular weight is 279 g/mol. The third kappa shape index (κ3) is 2.51. The normalized spacial score (nSPS) is 12.7.